The maximum Gasteiger partial charge on any atom is 0.350 e. The molecule has 5 heteroatoms. The van der Waals surface area contributed by atoms with Crippen LogP contribution in [0.3, 0.4) is 0 Å². The van der Waals surface area contributed by atoms with Gasteiger partial charge >= 0.3 is 7.60 Å². The quantitative estimate of drug-likeness (QED) is 0.746. The number of hydrogen-bond acceptors (Lipinski definition) is 4. The molecular weight excluding hydrogens is 237 g/mol. The van der Waals surface area contributed by atoms with E-state index in [1.807, 2.05) is 20.8 Å². The summed E-state index contributed by atoms with van der Waals surface area (Å²) in [4.78, 5) is 0. The fourth-order valence-electron chi connectivity index (χ4n) is 2.36. The highest BCUT2D eigenvalue weighted by Crippen LogP contribution is 2.62. The first-order valence-electron chi connectivity index (χ1n) is 6.55. The molecule has 1 saturated heterocycles. The van der Waals surface area contributed by atoms with Gasteiger partial charge in [-0.05, 0) is 39.5 Å². The monoisotopic (exact) mass is 263 g/mol. The molecule has 0 aliphatic carbocycles. The highest BCUT2D eigenvalue weighted by Gasteiger charge is 2.51. The van der Waals surface area contributed by atoms with Crippen molar-refractivity contribution < 1.29 is 13.6 Å². The van der Waals surface area contributed by atoms with Crippen LogP contribution in [-0.2, 0) is 13.6 Å². The molecule has 1 aliphatic heterocycles. The minimum atomic E-state index is -3.07. The van der Waals surface area contributed by atoms with E-state index in [2.05, 4.69) is 19.2 Å². The van der Waals surface area contributed by atoms with Crippen LogP contribution < -0.4 is 5.32 Å². The van der Waals surface area contributed by atoms with Crippen LogP contribution in [0, 0.1) is 5.92 Å². The predicted octanol–water partition coefficient (Wildman–Crippen LogP) is 3.38. The van der Waals surface area contributed by atoms with E-state index in [1.165, 1.54) is 0 Å². The largest absolute Gasteiger partial charge is 0.350 e. The molecule has 4 nitrogen and oxygen atoms in total. The van der Waals surface area contributed by atoms with Crippen LogP contribution in [0.15, 0.2) is 0 Å². The summed E-state index contributed by atoms with van der Waals surface area (Å²) in [7, 11) is -3.07. The second-order valence-corrected chi connectivity index (χ2v) is 7.64. The summed E-state index contributed by atoms with van der Waals surface area (Å²) in [5.41, 5.74) is 0. The lowest BCUT2D eigenvalue weighted by Crippen LogP contribution is -2.43. The Morgan fingerprint density at radius 2 is 1.88 bits per heavy atom. The van der Waals surface area contributed by atoms with Gasteiger partial charge in [0.05, 0.1) is 13.2 Å². The van der Waals surface area contributed by atoms with Crippen LogP contribution >= 0.6 is 7.60 Å². The van der Waals surface area contributed by atoms with Crippen molar-refractivity contribution in [2.45, 2.75) is 58.8 Å². The van der Waals surface area contributed by atoms with E-state index in [0.717, 1.165) is 12.8 Å². The van der Waals surface area contributed by atoms with Gasteiger partial charge in [0, 0.05) is 6.04 Å². The Morgan fingerprint density at radius 1 is 1.35 bits per heavy atom. The molecule has 1 aliphatic rings. The Balaban J connectivity index is 2.84. The van der Waals surface area contributed by atoms with E-state index in [0.29, 0.717) is 25.2 Å². The molecule has 0 amide bonds. The zero-order valence-electron chi connectivity index (χ0n) is 11.7. The predicted molar refractivity (Wildman–Crippen MR) is 70.3 cm³/mol. The fraction of sp³-hybridized carbons (Fsp3) is 1.00. The minimum absolute atomic E-state index is 0.397. The Bertz CT molecular complexity index is 285. The first-order chi connectivity index (χ1) is 7.88. The van der Waals surface area contributed by atoms with Crippen molar-refractivity contribution >= 4 is 7.60 Å². The lowest BCUT2D eigenvalue weighted by Gasteiger charge is -2.33. The zero-order valence-corrected chi connectivity index (χ0v) is 12.5. The molecule has 0 aromatic heterocycles. The van der Waals surface area contributed by atoms with Gasteiger partial charge in [-0.2, -0.15) is 0 Å². The van der Waals surface area contributed by atoms with Gasteiger partial charge in [-0.15, -0.1) is 0 Å². The van der Waals surface area contributed by atoms with Crippen LogP contribution in [0.25, 0.3) is 0 Å². The molecule has 0 unspecified atom stereocenters. The smallest absolute Gasteiger partial charge is 0.308 e. The fourth-order valence-corrected chi connectivity index (χ4v) is 4.41. The van der Waals surface area contributed by atoms with Gasteiger partial charge in [-0.3, -0.25) is 9.88 Å². The molecule has 102 valence electrons. The second kappa shape index (κ2) is 5.83. The molecule has 0 aromatic carbocycles. The van der Waals surface area contributed by atoms with E-state index in [4.69, 9.17) is 9.05 Å². The molecule has 1 rings (SSSR count). The van der Waals surface area contributed by atoms with Crippen LogP contribution in [0.4, 0.5) is 0 Å². The molecule has 0 saturated carbocycles. The topological polar surface area (TPSA) is 47.6 Å². The van der Waals surface area contributed by atoms with Crippen LogP contribution in [0.5, 0.6) is 0 Å². The third-order valence-corrected chi connectivity index (χ3v) is 6.20. The lowest BCUT2D eigenvalue weighted by molar-refractivity contribution is 0.191. The molecule has 2 atom stereocenters. The summed E-state index contributed by atoms with van der Waals surface area (Å²) in [6, 6.07) is 0.397. The van der Waals surface area contributed by atoms with E-state index < -0.39 is 12.9 Å². The van der Waals surface area contributed by atoms with E-state index >= 15 is 0 Å². The number of nitrogens with one attached hydrogen (secondary N) is 1. The Labute approximate surface area is 105 Å². The second-order valence-electron chi connectivity index (χ2n) is 5.14. The Hall–Kier alpha value is 0.110. The summed E-state index contributed by atoms with van der Waals surface area (Å²) in [6.45, 7) is 10.8. The summed E-state index contributed by atoms with van der Waals surface area (Å²) < 4.78 is 23.7. The van der Waals surface area contributed by atoms with Gasteiger partial charge < -0.3 is 9.05 Å². The number of hydrogen-bond donors (Lipinski definition) is 1. The van der Waals surface area contributed by atoms with E-state index in [-0.39, 0.29) is 0 Å². The molecule has 0 bridgehead atoms. The highest BCUT2D eigenvalue weighted by atomic mass is 31.2. The van der Waals surface area contributed by atoms with Crippen LogP contribution in [0.1, 0.15) is 47.5 Å². The molecule has 0 radical (unpaired) electrons. The summed E-state index contributed by atoms with van der Waals surface area (Å²) in [6.07, 6.45) is 1.87. The van der Waals surface area contributed by atoms with Crippen LogP contribution in [0.2, 0.25) is 0 Å². The van der Waals surface area contributed by atoms with Gasteiger partial charge in [0.25, 0.3) is 0 Å². The van der Waals surface area contributed by atoms with Crippen molar-refractivity contribution in [3.8, 4) is 0 Å². The van der Waals surface area contributed by atoms with Gasteiger partial charge in [0.15, 0.2) is 0 Å². The van der Waals surface area contributed by atoms with Crippen LogP contribution in [-0.4, -0.2) is 24.5 Å². The third-order valence-electron chi connectivity index (χ3n) is 3.45. The van der Waals surface area contributed by atoms with Gasteiger partial charge in [0.1, 0.15) is 5.28 Å². The molecule has 0 aromatic rings. The van der Waals surface area contributed by atoms with Crippen molar-refractivity contribution in [1.82, 2.24) is 5.32 Å². The summed E-state index contributed by atoms with van der Waals surface area (Å²) in [5.74, 6) is 0.536. The maximum atomic E-state index is 12.8. The zero-order chi connectivity index (χ0) is 13.1. The van der Waals surface area contributed by atoms with E-state index in [9.17, 15) is 4.57 Å². The van der Waals surface area contributed by atoms with Gasteiger partial charge in [0.2, 0.25) is 0 Å². The third kappa shape index (κ3) is 3.11. The summed E-state index contributed by atoms with van der Waals surface area (Å²) in [5, 5.41) is 2.93. The molecule has 1 heterocycles. The Morgan fingerprint density at radius 3 is 2.24 bits per heavy atom. The first kappa shape index (κ1) is 15.2. The van der Waals surface area contributed by atoms with Crippen molar-refractivity contribution in [1.29, 1.82) is 0 Å². The lowest BCUT2D eigenvalue weighted by atomic mass is 10.0. The average molecular weight is 263 g/mol. The van der Waals surface area contributed by atoms with Crippen molar-refractivity contribution in [3.63, 3.8) is 0 Å². The molecule has 0 spiro atoms. The van der Waals surface area contributed by atoms with Gasteiger partial charge in [-0.1, -0.05) is 13.8 Å². The molecule has 1 fully saturated rings. The molecule has 1 N–H and O–H groups in total. The highest BCUT2D eigenvalue weighted by molar-refractivity contribution is 7.55. The number of rotatable bonds is 6. The molecule has 17 heavy (non-hydrogen) atoms. The van der Waals surface area contributed by atoms with E-state index in [1.54, 1.807) is 0 Å². The van der Waals surface area contributed by atoms with Crippen molar-refractivity contribution in [3.05, 3.63) is 0 Å². The average Bonchev–Trinajstić information content (AvgIpc) is 2.63. The maximum absolute atomic E-state index is 12.8. The Kier molecular flexibility index (Phi) is 5.21. The van der Waals surface area contributed by atoms with Gasteiger partial charge in [-0.25, -0.2) is 0 Å². The molecular formula is C12H26NO3P. The minimum Gasteiger partial charge on any atom is -0.308 e. The SMILES string of the molecule is CCOP(=O)(OCC)[C@]1(C)CC[C@@H](C(C)C)N1. The summed E-state index contributed by atoms with van der Waals surface area (Å²) >= 11 is 0. The normalized spacial score (nSPS) is 30.1. The van der Waals surface area contributed by atoms with Crippen molar-refractivity contribution in [2.75, 3.05) is 13.2 Å². The standard InChI is InChI=1S/C12H26NO3P/c1-6-15-17(14,16-7-2)12(5)9-8-11(13-12)10(3)4/h10-11,13H,6-9H2,1-5H3/t11-,12+/m0/s1. The first-order valence-corrected chi connectivity index (χ1v) is 8.09. The van der Waals surface area contributed by atoms with Crippen molar-refractivity contribution in [2.24, 2.45) is 5.92 Å².